The molecule has 0 atom stereocenters. The molecule has 0 heterocycles. The molecule has 0 bridgehead atoms. The van der Waals surface area contributed by atoms with Gasteiger partial charge in [0, 0.05) is 6.42 Å². The van der Waals surface area contributed by atoms with Crippen LogP contribution < -0.4 is 0 Å². The smallest absolute Gasteiger partial charge is 0.303 e. The summed E-state index contributed by atoms with van der Waals surface area (Å²) in [6.45, 7) is 8.07. The van der Waals surface area contributed by atoms with Crippen molar-refractivity contribution in [1.29, 1.82) is 0 Å². The molecule has 3 heteroatoms. The van der Waals surface area contributed by atoms with Gasteiger partial charge in [-0.2, -0.15) is 0 Å². The van der Waals surface area contributed by atoms with Gasteiger partial charge in [0.25, 0.3) is 0 Å². The molecule has 0 saturated carbocycles. The SMILES string of the molecule is CCCCCCCCCCCCN(CCCCCCCCCCCC)CCCCC(=O)O. The van der Waals surface area contributed by atoms with Gasteiger partial charge >= 0.3 is 5.97 Å². The number of aliphatic carboxylic acids is 1. The molecule has 0 aliphatic rings. The molecule has 0 aromatic carbocycles. The van der Waals surface area contributed by atoms with Crippen molar-refractivity contribution in [3.8, 4) is 0 Å². The summed E-state index contributed by atoms with van der Waals surface area (Å²) in [5.74, 6) is -0.652. The second-order valence-electron chi connectivity index (χ2n) is 10.1. The van der Waals surface area contributed by atoms with Gasteiger partial charge < -0.3 is 10.0 Å². The van der Waals surface area contributed by atoms with Crippen molar-refractivity contribution in [2.45, 2.75) is 162 Å². The van der Waals surface area contributed by atoms with E-state index in [9.17, 15) is 4.79 Å². The molecule has 0 radical (unpaired) electrons. The molecule has 192 valence electrons. The third-order valence-corrected chi connectivity index (χ3v) is 6.77. The third kappa shape index (κ3) is 25.7. The summed E-state index contributed by atoms with van der Waals surface area (Å²) in [5.41, 5.74) is 0. The average Bonchev–Trinajstić information content (AvgIpc) is 2.78. The lowest BCUT2D eigenvalue weighted by Crippen LogP contribution is -2.27. The Bertz CT molecular complexity index is 348. The van der Waals surface area contributed by atoms with Gasteiger partial charge in [0.1, 0.15) is 0 Å². The van der Waals surface area contributed by atoms with E-state index >= 15 is 0 Å². The lowest BCUT2D eigenvalue weighted by molar-refractivity contribution is -0.137. The number of carbonyl (C=O) groups is 1. The topological polar surface area (TPSA) is 40.5 Å². The normalized spacial score (nSPS) is 11.5. The summed E-state index contributed by atoms with van der Waals surface area (Å²) in [4.78, 5) is 13.4. The third-order valence-electron chi connectivity index (χ3n) is 6.77. The highest BCUT2D eigenvalue weighted by Crippen LogP contribution is 2.13. The number of carboxylic acid groups (broad SMARTS) is 1. The van der Waals surface area contributed by atoms with E-state index in [0.29, 0.717) is 6.42 Å². The summed E-state index contributed by atoms with van der Waals surface area (Å²) in [5, 5.41) is 8.87. The van der Waals surface area contributed by atoms with Crippen molar-refractivity contribution >= 4 is 5.97 Å². The summed E-state index contributed by atoms with van der Waals surface area (Å²) in [6.07, 6.45) is 30.0. The quantitative estimate of drug-likeness (QED) is 0.126. The summed E-state index contributed by atoms with van der Waals surface area (Å²) >= 11 is 0. The van der Waals surface area contributed by atoms with Crippen molar-refractivity contribution in [3.05, 3.63) is 0 Å². The van der Waals surface area contributed by atoms with Crippen LogP contribution in [0, 0.1) is 0 Å². The minimum atomic E-state index is -0.652. The highest BCUT2D eigenvalue weighted by atomic mass is 16.4. The zero-order chi connectivity index (χ0) is 23.5. The first kappa shape index (κ1) is 31.4. The molecule has 0 aromatic rings. The van der Waals surface area contributed by atoms with Crippen LogP contribution in [0.2, 0.25) is 0 Å². The maximum Gasteiger partial charge on any atom is 0.303 e. The van der Waals surface area contributed by atoms with E-state index in [1.807, 2.05) is 0 Å². The van der Waals surface area contributed by atoms with Crippen LogP contribution >= 0.6 is 0 Å². The Balaban J connectivity index is 3.77. The fourth-order valence-electron chi connectivity index (χ4n) is 4.59. The molecule has 0 amide bonds. The minimum Gasteiger partial charge on any atom is -0.481 e. The standard InChI is InChI=1S/C29H59NO2/c1-3-5-7-9-11-13-15-17-19-22-26-30(28-24-21-25-29(31)32)27-23-20-18-16-14-12-10-8-6-4-2/h3-28H2,1-2H3,(H,31,32). The number of unbranched alkanes of at least 4 members (excludes halogenated alkanes) is 19. The molecule has 0 saturated heterocycles. The highest BCUT2D eigenvalue weighted by molar-refractivity contribution is 5.66. The second kappa shape index (κ2) is 26.7. The van der Waals surface area contributed by atoms with Crippen LogP contribution in [0.3, 0.4) is 0 Å². The van der Waals surface area contributed by atoms with Gasteiger partial charge in [-0.05, 0) is 45.3 Å². The lowest BCUT2D eigenvalue weighted by Gasteiger charge is -2.22. The van der Waals surface area contributed by atoms with Crippen LogP contribution in [-0.2, 0) is 4.79 Å². The fourth-order valence-corrected chi connectivity index (χ4v) is 4.59. The maximum absolute atomic E-state index is 10.8. The Morgan fingerprint density at radius 3 is 1.06 bits per heavy atom. The van der Waals surface area contributed by atoms with Crippen LogP contribution in [0.25, 0.3) is 0 Å². The molecule has 0 aliphatic carbocycles. The minimum absolute atomic E-state index is 0.324. The summed E-state index contributed by atoms with van der Waals surface area (Å²) in [7, 11) is 0. The Hall–Kier alpha value is -0.570. The van der Waals surface area contributed by atoms with Crippen LogP contribution in [0.4, 0.5) is 0 Å². The number of carboxylic acids is 1. The molecule has 1 N–H and O–H groups in total. The number of rotatable bonds is 27. The summed E-state index contributed by atoms with van der Waals surface area (Å²) in [6, 6.07) is 0. The first-order valence-electron chi connectivity index (χ1n) is 14.6. The number of hydrogen-bond donors (Lipinski definition) is 1. The van der Waals surface area contributed by atoms with Gasteiger partial charge in [-0.3, -0.25) is 4.79 Å². The van der Waals surface area contributed by atoms with Gasteiger partial charge in [-0.15, -0.1) is 0 Å². The van der Waals surface area contributed by atoms with Gasteiger partial charge in [-0.25, -0.2) is 0 Å². The van der Waals surface area contributed by atoms with Gasteiger partial charge in [0.15, 0.2) is 0 Å². The second-order valence-corrected chi connectivity index (χ2v) is 10.1. The van der Waals surface area contributed by atoms with Gasteiger partial charge in [0.2, 0.25) is 0 Å². The Morgan fingerprint density at radius 1 is 0.469 bits per heavy atom. The van der Waals surface area contributed by atoms with E-state index in [4.69, 9.17) is 5.11 Å². The van der Waals surface area contributed by atoms with E-state index in [1.54, 1.807) is 0 Å². The van der Waals surface area contributed by atoms with Crippen molar-refractivity contribution < 1.29 is 9.90 Å². The van der Waals surface area contributed by atoms with Gasteiger partial charge in [-0.1, -0.05) is 129 Å². The van der Waals surface area contributed by atoms with Crippen molar-refractivity contribution in [3.63, 3.8) is 0 Å². The van der Waals surface area contributed by atoms with E-state index < -0.39 is 5.97 Å². The first-order chi connectivity index (χ1) is 15.7. The largest absolute Gasteiger partial charge is 0.481 e. The van der Waals surface area contributed by atoms with Crippen LogP contribution in [-0.4, -0.2) is 35.6 Å². The molecule has 0 aliphatic heterocycles. The molecular formula is C29H59NO2. The van der Waals surface area contributed by atoms with E-state index in [1.165, 1.54) is 142 Å². The molecule has 0 unspecified atom stereocenters. The predicted octanol–water partition coefficient (Wildman–Crippen LogP) is 9.39. The zero-order valence-corrected chi connectivity index (χ0v) is 22.2. The molecule has 0 aromatic heterocycles. The average molecular weight is 454 g/mol. The molecule has 0 rings (SSSR count). The van der Waals surface area contributed by atoms with E-state index in [-0.39, 0.29) is 0 Å². The summed E-state index contributed by atoms with van der Waals surface area (Å²) < 4.78 is 0. The Labute approximate surface area is 202 Å². The molecule has 32 heavy (non-hydrogen) atoms. The molecule has 3 nitrogen and oxygen atoms in total. The zero-order valence-electron chi connectivity index (χ0n) is 22.2. The van der Waals surface area contributed by atoms with Crippen LogP contribution in [0.1, 0.15) is 162 Å². The van der Waals surface area contributed by atoms with Crippen LogP contribution in [0.5, 0.6) is 0 Å². The van der Waals surface area contributed by atoms with E-state index in [0.717, 1.165) is 19.4 Å². The van der Waals surface area contributed by atoms with Gasteiger partial charge in [0.05, 0.1) is 0 Å². The monoisotopic (exact) mass is 453 g/mol. The Morgan fingerprint density at radius 2 is 0.750 bits per heavy atom. The molecule has 0 fully saturated rings. The van der Waals surface area contributed by atoms with Crippen molar-refractivity contribution in [2.75, 3.05) is 19.6 Å². The molecular weight excluding hydrogens is 394 g/mol. The van der Waals surface area contributed by atoms with E-state index in [2.05, 4.69) is 18.7 Å². The van der Waals surface area contributed by atoms with Crippen molar-refractivity contribution in [2.24, 2.45) is 0 Å². The lowest BCUT2D eigenvalue weighted by atomic mass is 10.1. The first-order valence-corrected chi connectivity index (χ1v) is 14.6. The number of nitrogens with zero attached hydrogens (tertiary/aromatic N) is 1. The Kier molecular flexibility index (Phi) is 26.2. The molecule has 0 spiro atoms. The van der Waals surface area contributed by atoms with Crippen LogP contribution in [0.15, 0.2) is 0 Å². The predicted molar refractivity (Wildman–Crippen MR) is 142 cm³/mol. The van der Waals surface area contributed by atoms with Crippen molar-refractivity contribution in [1.82, 2.24) is 4.90 Å². The highest BCUT2D eigenvalue weighted by Gasteiger charge is 2.06. The number of hydrogen-bond acceptors (Lipinski definition) is 2. The fraction of sp³-hybridized carbons (Fsp3) is 0.966. The maximum atomic E-state index is 10.8.